The molecule has 1 aromatic rings. The molecule has 2 rings (SSSR count). The first kappa shape index (κ1) is 15.6. The van der Waals surface area contributed by atoms with E-state index < -0.39 is 0 Å². The van der Waals surface area contributed by atoms with E-state index in [0.717, 1.165) is 6.54 Å². The van der Waals surface area contributed by atoms with Crippen molar-refractivity contribution in [2.45, 2.75) is 71.1 Å². The Morgan fingerprint density at radius 2 is 1.75 bits per heavy atom. The summed E-state index contributed by atoms with van der Waals surface area (Å²) in [7, 11) is 0. The predicted octanol–water partition coefficient (Wildman–Crippen LogP) is 5.04. The Morgan fingerprint density at radius 1 is 1.10 bits per heavy atom. The zero-order valence-electron chi connectivity index (χ0n) is 13.3. The van der Waals surface area contributed by atoms with Gasteiger partial charge in [-0.3, -0.25) is 0 Å². The molecule has 1 aromatic carbocycles. The zero-order chi connectivity index (χ0) is 14.4. The van der Waals surface area contributed by atoms with Crippen LogP contribution < -0.4 is 5.73 Å². The lowest BCUT2D eigenvalue weighted by Crippen LogP contribution is -2.21. The summed E-state index contributed by atoms with van der Waals surface area (Å²) in [5.41, 5.74) is 9.37. The van der Waals surface area contributed by atoms with E-state index >= 15 is 0 Å². The first-order chi connectivity index (χ1) is 9.69. The molecule has 1 heteroatoms. The highest BCUT2D eigenvalue weighted by Gasteiger charge is 2.32. The van der Waals surface area contributed by atoms with Crippen LogP contribution in [0.25, 0.3) is 0 Å². The minimum absolute atomic E-state index is 0.560. The van der Waals surface area contributed by atoms with Gasteiger partial charge in [-0.1, -0.05) is 51.0 Å². The summed E-state index contributed by atoms with van der Waals surface area (Å²) in [6, 6.07) is 9.33. The van der Waals surface area contributed by atoms with Crippen molar-refractivity contribution in [3.05, 3.63) is 35.4 Å². The molecule has 2 N–H and O–H groups in total. The Labute approximate surface area is 125 Å². The summed E-state index contributed by atoms with van der Waals surface area (Å²) >= 11 is 0. The molecule has 1 fully saturated rings. The van der Waals surface area contributed by atoms with Gasteiger partial charge in [-0.25, -0.2) is 0 Å². The maximum absolute atomic E-state index is 5.83. The van der Waals surface area contributed by atoms with Gasteiger partial charge in [0.15, 0.2) is 0 Å². The van der Waals surface area contributed by atoms with Crippen LogP contribution >= 0.6 is 0 Å². The molecule has 20 heavy (non-hydrogen) atoms. The van der Waals surface area contributed by atoms with Gasteiger partial charge in [0.25, 0.3) is 0 Å². The summed E-state index contributed by atoms with van der Waals surface area (Å²) in [6.07, 6.45) is 10.6. The Hall–Kier alpha value is -0.820. The SMILES string of the molecule is CCC(C)c1ccc(CCC2(CCN)CCCC2)cc1. The molecule has 0 amide bonds. The fraction of sp³-hybridized carbons (Fsp3) is 0.684. The van der Waals surface area contributed by atoms with Crippen LogP contribution in [-0.4, -0.2) is 6.54 Å². The first-order valence-electron chi connectivity index (χ1n) is 8.48. The van der Waals surface area contributed by atoms with Gasteiger partial charge >= 0.3 is 0 Å². The number of rotatable bonds is 7. The average Bonchev–Trinajstić information content (AvgIpc) is 2.94. The third kappa shape index (κ3) is 3.85. The van der Waals surface area contributed by atoms with Gasteiger partial charge in [0, 0.05) is 0 Å². The highest BCUT2D eigenvalue weighted by atomic mass is 14.5. The third-order valence-electron chi connectivity index (χ3n) is 5.44. The van der Waals surface area contributed by atoms with Crippen LogP contribution in [0, 0.1) is 5.41 Å². The molecule has 0 spiro atoms. The van der Waals surface area contributed by atoms with Gasteiger partial charge in [-0.15, -0.1) is 0 Å². The van der Waals surface area contributed by atoms with E-state index in [1.54, 1.807) is 0 Å². The molecule has 112 valence electrons. The van der Waals surface area contributed by atoms with Gasteiger partial charge in [0.2, 0.25) is 0 Å². The highest BCUT2D eigenvalue weighted by Crippen LogP contribution is 2.44. The minimum atomic E-state index is 0.560. The van der Waals surface area contributed by atoms with Crippen LogP contribution in [0.1, 0.15) is 75.8 Å². The lowest BCUT2D eigenvalue weighted by molar-refractivity contribution is 0.253. The summed E-state index contributed by atoms with van der Waals surface area (Å²) < 4.78 is 0. The van der Waals surface area contributed by atoms with Crippen molar-refractivity contribution in [1.29, 1.82) is 0 Å². The molecule has 1 unspecified atom stereocenters. The largest absolute Gasteiger partial charge is 0.330 e. The van der Waals surface area contributed by atoms with E-state index in [-0.39, 0.29) is 0 Å². The van der Waals surface area contributed by atoms with Crippen molar-refractivity contribution in [3.63, 3.8) is 0 Å². The number of benzene rings is 1. The zero-order valence-corrected chi connectivity index (χ0v) is 13.3. The normalized spacial score (nSPS) is 19.1. The van der Waals surface area contributed by atoms with E-state index in [1.807, 2.05) is 0 Å². The van der Waals surface area contributed by atoms with Gasteiger partial charge in [-0.2, -0.15) is 0 Å². The summed E-state index contributed by atoms with van der Waals surface area (Å²) in [4.78, 5) is 0. The quantitative estimate of drug-likeness (QED) is 0.740. The molecule has 1 saturated carbocycles. The number of aryl methyl sites for hydroxylation is 1. The van der Waals surface area contributed by atoms with Crippen molar-refractivity contribution >= 4 is 0 Å². The number of hydrogen-bond donors (Lipinski definition) is 1. The molecule has 1 nitrogen and oxygen atoms in total. The van der Waals surface area contributed by atoms with Crippen LogP contribution in [0.5, 0.6) is 0 Å². The topological polar surface area (TPSA) is 26.0 Å². The molecule has 0 radical (unpaired) electrons. The molecular weight excluding hydrogens is 242 g/mol. The van der Waals surface area contributed by atoms with Crippen LogP contribution in [0.3, 0.4) is 0 Å². The second kappa shape index (κ2) is 7.26. The van der Waals surface area contributed by atoms with E-state index in [0.29, 0.717) is 11.3 Å². The Balaban J connectivity index is 1.93. The Morgan fingerprint density at radius 3 is 2.30 bits per heavy atom. The Kier molecular flexibility index (Phi) is 5.65. The molecular formula is C19H31N. The van der Waals surface area contributed by atoms with E-state index in [2.05, 4.69) is 38.1 Å². The fourth-order valence-corrected chi connectivity index (χ4v) is 3.71. The fourth-order valence-electron chi connectivity index (χ4n) is 3.71. The van der Waals surface area contributed by atoms with E-state index in [9.17, 15) is 0 Å². The second-order valence-electron chi connectivity index (χ2n) is 6.80. The minimum Gasteiger partial charge on any atom is -0.330 e. The first-order valence-corrected chi connectivity index (χ1v) is 8.48. The molecule has 0 aromatic heterocycles. The van der Waals surface area contributed by atoms with E-state index in [4.69, 9.17) is 5.73 Å². The van der Waals surface area contributed by atoms with Crippen molar-refractivity contribution in [2.24, 2.45) is 11.1 Å². The maximum atomic E-state index is 5.83. The molecule has 1 aliphatic rings. The molecule has 1 aliphatic carbocycles. The lowest BCUT2D eigenvalue weighted by atomic mass is 9.77. The molecule has 0 aliphatic heterocycles. The second-order valence-corrected chi connectivity index (χ2v) is 6.80. The molecule has 0 bridgehead atoms. The van der Waals surface area contributed by atoms with Gasteiger partial charge in [0.05, 0.1) is 0 Å². The predicted molar refractivity (Wildman–Crippen MR) is 88.0 cm³/mol. The van der Waals surface area contributed by atoms with Gasteiger partial charge in [-0.05, 0) is 67.5 Å². The summed E-state index contributed by atoms with van der Waals surface area (Å²) in [6.45, 7) is 5.42. The average molecular weight is 273 g/mol. The van der Waals surface area contributed by atoms with E-state index in [1.165, 1.54) is 62.5 Å². The van der Waals surface area contributed by atoms with Gasteiger partial charge in [0.1, 0.15) is 0 Å². The lowest BCUT2D eigenvalue weighted by Gasteiger charge is -2.28. The van der Waals surface area contributed by atoms with Crippen molar-refractivity contribution in [2.75, 3.05) is 6.54 Å². The van der Waals surface area contributed by atoms with Crippen LogP contribution in [-0.2, 0) is 6.42 Å². The van der Waals surface area contributed by atoms with Gasteiger partial charge < -0.3 is 5.73 Å². The van der Waals surface area contributed by atoms with Crippen molar-refractivity contribution in [3.8, 4) is 0 Å². The highest BCUT2D eigenvalue weighted by molar-refractivity contribution is 5.25. The molecule has 0 saturated heterocycles. The molecule has 1 atom stereocenters. The standard InChI is InChI=1S/C19H31N/c1-3-16(2)18-8-6-17(7-9-18)10-13-19(14-15-20)11-4-5-12-19/h6-9,16H,3-5,10-15,20H2,1-2H3. The smallest absolute Gasteiger partial charge is 0.00720 e. The van der Waals surface area contributed by atoms with Crippen molar-refractivity contribution in [1.82, 2.24) is 0 Å². The number of nitrogens with two attached hydrogens (primary N) is 1. The summed E-state index contributed by atoms with van der Waals surface area (Å²) in [5.74, 6) is 0.683. The number of hydrogen-bond acceptors (Lipinski definition) is 1. The van der Waals surface area contributed by atoms with Crippen LogP contribution in [0.4, 0.5) is 0 Å². The molecule has 0 heterocycles. The van der Waals surface area contributed by atoms with Crippen LogP contribution in [0.15, 0.2) is 24.3 Å². The maximum Gasteiger partial charge on any atom is -0.00720 e. The monoisotopic (exact) mass is 273 g/mol. The van der Waals surface area contributed by atoms with Crippen molar-refractivity contribution < 1.29 is 0 Å². The third-order valence-corrected chi connectivity index (χ3v) is 5.44. The Bertz CT molecular complexity index is 387. The summed E-state index contributed by atoms with van der Waals surface area (Å²) in [5, 5.41) is 0. The van der Waals surface area contributed by atoms with Crippen LogP contribution in [0.2, 0.25) is 0 Å².